The molecule has 108 valence electrons. The Kier molecular flexibility index (Phi) is 4.45. The summed E-state index contributed by atoms with van der Waals surface area (Å²) in [6.45, 7) is 2.14. The lowest BCUT2D eigenvalue weighted by atomic mass is 10.2. The number of likely N-dealkylation sites (tertiary alicyclic amines) is 1. The summed E-state index contributed by atoms with van der Waals surface area (Å²) < 4.78 is 0. The van der Waals surface area contributed by atoms with Crippen LogP contribution in [0.3, 0.4) is 0 Å². The SMILES string of the molecule is Cc1cc(Cl)ccc1S[C@@H]1C[C@@H](C(=O)O)N(C(=O)O)C1. The van der Waals surface area contributed by atoms with E-state index in [4.69, 9.17) is 21.8 Å². The second kappa shape index (κ2) is 5.93. The maximum absolute atomic E-state index is 11.1. The standard InChI is InChI=1S/C13H14ClNO4S/c1-7-4-8(14)2-3-11(7)20-9-5-10(12(16)17)15(6-9)13(18)19/h2-4,9-10H,5-6H2,1H3,(H,16,17)(H,18,19)/t9-,10+/m1/s1. The van der Waals surface area contributed by atoms with Crippen molar-refractivity contribution in [1.82, 2.24) is 4.90 Å². The van der Waals surface area contributed by atoms with Crippen molar-refractivity contribution in [3.05, 3.63) is 28.8 Å². The summed E-state index contributed by atoms with van der Waals surface area (Å²) in [4.78, 5) is 24.1. The minimum absolute atomic E-state index is 0.0629. The molecule has 2 rings (SSSR count). The minimum atomic E-state index is -1.19. The highest BCUT2D eigenvalue weighted by Crippen LogP contribution is 2.35. The first-order chi connectivity index (χ1) is 9.38. The zero-order valence-electron chi connectivity index (χ0n) is 10.7. The third kappa shape index (κ3) is 3.19. The van der Waals surface area contributed by atoms with Crippen LogP contribution in [0.5, 0.6) is 0 Å². The zero-order chi connectivity index (χ0) is 14.9. The van der Waals surface area contributed by atoms with Gasteiger partial charge < -0.3 is 10.2 Å². The molecule has 1 heterocycles. The van der Waals surface area contributed by atoms with Crippen molar-refractivity contribution in [2.45, 2.75) is 29.5 Å². The summed E-state index contributed by atoms with van der Waals surface area (Å²) in [6.07, 6.45) is -0.873. The van der Waals surface area contributed by atoms with Crippen molar-refractivity contribution >= 4 is 35.4 Å². The van der Waals surface area contributed by atoms with Gasteiger partial charge in [0.05, 0.1) is 0 Å². The molecule has 1 aromatic rings. The second-order valence-electron chi connectivity index (χ2n) is 4.67. The molecule has 0 radical (unpaired) electrons. The van der Waals surface area contributed by atoms with Crippen LogP contribution < -0.4 is 0 Å². The van der Waals surface area contributed by atoms with E-state index in [0.29, 0.717) is 11.4 Å². The van der Waals surface area contributed by atoms with E-state index in [0.717, 1.165) is 15.4 Å². The number of halogens is 1. The predicted octanol–water partition coefficient (Wildman–Crippen LogP) is 2.95. The van der Waals surface area contributed by atoms with Crippen molar-refractivity contribution in [2.75, 3.05) is 6.54 Å². The Morgan fingerprint density at radius 1 is 1.40 bits per heavy atom. The quantitative estimate of drug-likeness (QED) is 0.896. The van der Waals surface area contributed by atoms with Gasteiger partial charge in [0.2, 0.25) is 0 Å². The highest BCUT2D eigenvalue weighted by atomic mass is 35.5. The molecule has 2 N–H and O–H groups in total. The van der Waals surface area contributed by atoms with Crippen molar-refractivity contribution in [1.29, 1.82) is 0 Å². The first-order valence-electron chi connectivity index (χ1n) is 6.03. The summed E-state index contributed by atoms with van der Waals surface area (Å²) in [7, 11) is 0. The van der Waals surface area contributed by atoms with Gasteiger partial charge in [-0.2, -0.15) is 0 Å². The largest absolute Gasteiger partial charge is 0.480 e. The molecule has 1 aliphatic heterocycles. The topological polar surface area (TPSA) is 77.8 Å². The monoisotopic (exact) mass is 315 g/mol. The van der Waals surface area contributed by atoms with Gasteiger partial charge in [0, 0.05) is 21.7 Å². The van der Waals surface area contributed by atoms with Crippen LogP contribution in [0.1, 0.15) is 12.0 Å². The van der Waals surface area contributed by atoms with E-state index in [-0.39, 0.29) is 11.8 Å². The fourth-order valence-corrected chi connectivity index (χ4v) is 3.74. The van der Waals surface area contributed by atoms with Crippen molar-refractivity contribution in [2.24, 2.45) is 0 Å². The molecule has 1 saturated heterocycles. The minimum Gasteiger partial charge on any atom is -0.480 e. The van der Waals surface area contributed by atoms with E-state index in [1.165, 1.54) is 11.8 Å². The van der Waals surface area contributed by atoms with Gasteiger partial charge in [-0.15, -0.1) is 11.8 Å². The Balaban J connectivity index is 2.11. The lowest BCUT2D eigenvalue weighted by molar-refractivity contribution is -0.141. The van der Waals surface area contributed by atoms with Gasteiger partial charge in [-0.3, -0.25) is 4.90 Å². The number of thioether (sulfide) groups is 1. The molecule has 0 aliphatic carbocycles. The summed E-state index contributed by atoms with van der Waals surface area (Å²) in [5, 5.41) is 18.7. The molecule has 0 bridgehead atoms. The van der Waals surface area contributed by atoms with Crippen molar-refractivity contribution in [3.8, 4) is 0 Å². The zero-order valence-corrected chi connectivity index (χ0v) is 12.3. The van der Waals surface area contributed by atoms with Gasteiger partial charge >= 0.3 is 12.1 Å². The Bertz CT molecular complexity index is 529. The van der Waals surface area contributed by atoms with Gasteiger partial charge in [-0.1, -0.05) is 11.6 Å². The number of aryl methyl sites for hydroxylation is 1. The Hall–Kier alpha value is -1.40. The number of amides is 1. The lowest BCUT2D eigenvalue weighted by Gasteiger charge is -2.16. The molecule has 0 unspecified atom stereocenters. The van der Waals surface area contributed by atoms with Crippen molar-refractivity contribution in [3.63, 3.8) is 0 Å². The van der Waals surface area contributed by atoms with Crippen LogP contribution in [0.2, 0.25) is 5.02 Å². The molecule has 0 aromatic heterocycles. The first-order valence-corrected chi connectivity index (χ1v) is 7.29. The number of hydrogen-bond donors (Lipinski definition) is 2. The summed E-state index contributed by atoms with van der Waals surface area (Å²) >= 11 is 7.39. The fraction of sp³-hybridized carbons (Fsp3) is 0.385. The van der Waals surface area contributed by atoms with Crippen LogP contribution in [-0.4, -0.2) is 45.0 Å². The number of benzene rings is 1. The summed E-state index contributed by atoms with van der Waals surface area (Å²) in [5.41, 5.74) is 1.00. The molecule has 1 aliphatic rings. The van der Waals surface area contributed by atoms with E-state index in [2.05, 4.69) is 0 Å². The highest BCUT2D eigenvalue weighted by Gasteiger charge is 2.40. The van der Waals surface area contributed by atoms with Crippen LogP contribution in [0, 0.1) is 6.92 Å². The number of nitrogens with zero attached hydrogens (tertiary/aromatic N) is 1. The maximum Gasteiger partial charge on any atom is 0.408 e. The average molecular weight is 316 g/mol. The lowest BCUT2D eigenvalue weighted by Crippen LogP contribution is -2.39. The average Bonchev–Trinajstić information content (AvgIpc) is 2.77. The predicted molar refractivity (Wildman–Crippen MR) is 76.6 cm³/mol. The van der Waals surface area contributed by atoms with E-state index >= 15 is 0 Å². The van der Waals surface area contributed by atoms with Gasteiger partial charge in [-0.05, 0) is 37.1 Å². The van der Waals surface area contributed by atoms with Gasteiger partial charge in [0.15, 0.2) is 0 Å². The van der Waals surface area contributed by atoms with Gasteiger partial charge in [0.25, 0.3) is 0 Å². The van der Waals surface area contributed by atoms with E-state index in [1.54, 1.807) is 6.07 Å². The first kappa shape index (κ1) is 15.0. The molecule has 5 nitrogen and oxygen atoms in total. The van der Waals surface area contributed by atoms with E-state index in [1.807, 2.05) is 19.1 Å². The molecule has 1 amide bonds. The molecule has 1 fully saturated rings. The molecule has 0 saturated carbocycles. The Morgan fingerprint density at radius 3 is 2.60 bits per heavy atom. The van der Waals surface area contributed by atoms with Crippen LogP contribution in [0.15, 0.2) is 23.1 Å². The highest BCUT2D eigenvalue weighted by molar-refractivity contribution is 8.00. The third-order valence-electron chi connectivity index (χ3n) is 3.22. The second-order valence-corrected chi connectivity index (χ2v) is 6.45. The van der Waals surface area contributed by atoms with Crippen LogP contribution in [-0.2, 0) is 4.79 Å². The molecular weight excluding hydrogens is 302 g/mol. The number of carboxylic acids is 1. The molecular formula is C13H14ClNO4S. The van der Waals surface area contributed by atoms with E-state index < -0.39 is 18.1 Å². The van der Waals surface area contributed by atoms with Gasteiger partial charge in [0.1, 0.15) is 6.04 Å². The maximum atomic E-state index is 11.1. The number of carbonyl (C=O) groups is 2. The molecule has 0 spiro atoms. The number of carboxylic acid groups (broad SMARTS) is 2. The van der Waals surface area contributed by atoms with Crippen molar-refractivity contribution < 1.29 is 19.8 Å². The molecule has 7 heteroatoms. The summed E-state index contributed by atoms with van der Waals surface area (Å²) in [5.74, 6) is -1.09. The van der Waals surface area contributed by atoms with E-state index in [9.17, 15) is 9.59 Å². The smallest absolute Gasteiger partial charge is 0.408 e. The normalized spacial score (nSPS) is 22.0. The number of aliphatic carboxylic acids is 1. The third-order valence-corrected chi connectivity index (χ3v) is 4.85. The Morgan fingerprint density at radius 2 is 2.10 bits per heavy atom. The molecule has 20 heavy (non-hydrogen) atoms. The number of hydrogen-bond acceptors (Lipinski definition) is 3. The summed E-state index contributed by atoms with van der Waals surface area (Å²) in [6, 6.07) is 4.53. The van der Waals surface area contributed by atoms with Crippen LogP contribution in [0.25, 0.3) is 0 Å². The molecule has 1 aromatic carbocycles. The number of rotatable bonds is 3. The molecule has 2 atom stereocenters. The van der Waals surface area contributed by atoms with Crippen LogP contribution >= 0.6 is 23.4 Å². The fourth-order valence-electron chi connectivity index (χ4n) is 2.25. The van der Waals surface area contributed by atoms with Gasteiger partial charge in [-0.25, -0.2) is 9.59 Å². The van der Waals surface area contributed by atoms with Crippen LogP contribution in [0.4, 0.5) is 4.79 Å². The Labute approximate surface area is 125 Å².